The fraction of sp³-hybridized carbons (Fsp3) is 0.273. The summed E-state index contributed by atoms with van der Waals surface area (Å²) in [5, 5.41) is 7.30. The number of aromatic amines is 1. The zero-order chi connectivity index (χ0) is 23.0. The van der Waals surface area contributed by atoms with Crippen LogP contribution in [0.4, 0.5) is 4.39 Å². The molecule has 0 aliphatic rings. The summed E-state index contributed by atoms with van der Waals surface area (Å²) < 4.78 is 17.2. The number of rotatable bonds is 6. The molecule has 0 saturated carbocycles. The van der Waals surface area contributed by atoms with E-state index in [0.717, 1.165) is 5.69 Å². The van der Waals surface area contributed by atoms with Gasteiger partial charge in [0.1, 0.15) is 11.3 Å². The first-order valence-corrected chi connectivity index (χ1v) is 10.5. The molecule has 1 aromatic carbocycles. The van der Waals surface area contributed by atoms with E-state index in [0.29, 0.717) is 29.7 Å². The number of carbonyl (C=O) groups excluding carboxylic acids is 1. The number of fused-ring (bicyclic) bond motifs is 1. The van der Waals surface area contributed by atoms with Crippen molar-refractivity contribution in [2.45, 2.75) is 26.2 Å². The Labute approximate surface area is 188 Å². The molecule has 3 aromatic heterocycles. The van der Waals surface area contributed by atoms with Crippen molar-refractivity contribution in [2.24, 2.45) is 7.05 Å². The van der Waals surface area contributed by atoms with Crippen molar-refractivity contribution in [1.29, 1.82) is 0 Å². The molecule has 3 heterocycles. The number of halogens is 2. The van der Waals surface area contributed by atoms with Gasteiger partial charge < -0.3 is 14.9 Å². The quantitative estimate of drug-likeness (QED) is 0.465. The highest BCUT2D eigenvalue weighted by atomic mass is 35.5. The Morgan fingerprint density at radius 1 is 1.34 bits per heavy atom. The highest BCUT2D eigenvalue weighted by Crippen LogP contribution is 2.26. The molecule has 4 aromatic rings. The number of aromatic nitrogens is 5. The number of nitrogens with zero attached hydrogens (tertiary/aromatic N) is 4. The Kier molecular flexibility index (Phi) is 5.84. The molecule has 166 valence electrons. The molecule has 0 saturated heterocycles. The number of amides is 1. The first-order chi connectivity index (χ1) is 15.3. The second-order valence-corrected chi connectivity index (χ2v) is 8.24. The van der Waals surface area contributed by atoms with Crippen LogP contribution in [0.15, 0.2) is 41.7 Å². The first-order valence-electron chi connectivity index (χ1n) is 10.1. The summed E-state index contributed by atoms with van der Waals surface area (Å²) in [7, 11) is 1.89. The maximum Gasteiger partial charge on any atom is 0.275 e. The lowest BCUT2D eigenvalue weighted by Crippen LogP contribution is -2.26. The average Bonchev–Trinajstić information content (AvgIpc) is 3.34. The molecular weight excluding hydrogens is 435 g/mol. The summed E-state index contributed by atoms with van der Waals surface area (Å²) in [6.45, 7) is 4.23. The average molecular weight is 457 g/mol. The molecule has 1 amide bonds. The molecular formula is C22H22ClFN6O2. The van der Waals surface area contributed by atoms with Gasteiger partial charge in [0.25, 0.3) is 11.5 Å². The van der Waals surface area contributed by atoms with E-state index in [4.69, 9.17) is 11.6 Å². The minimum Gasteiger partial charge on any atom is -0.352 e. The maximum atomic E-state index is 13.9. The maximum absolute atomic E-state index is 13.9. The largest absolute Gasteiger partial charge is 0.352 e. The Bertz CT molecular complexity index is 1370. The van der Waals surface area contributed by atoms with Crippen LogP contribution in [0.1, 0.15) is 41.4 Å². The summed E-state index contributed by atoms with van der Waals surface area (Å²) in [5.41, 5.74) is 2.22. The molecule has 10 heteroatoms. The van der Waals surface area contributed by atoms with Crippen molar-refractivity contribution in [3.8, 4) is 11.4 Å². The number of H-pyrrole nitrogens is 1. The normalized spacial score (nSPS) is 11.4. The van der Waals surface area contributed by atoms with Gasteiger partial charge in [-0.2, -0.15) is 0 Å². The molecule has 0 unspecified atom stereocenters. The van der Waals surface area contributed by atoms with Crippen LogP contribution in [0.3, 0.4) is 0 Å². The van der Waals surface area contributed by atoms with E-state index in [1.807, 2.05) is 25.5 Å². The molecule has 0 aliphatic heterocycles. The number of aryl methyl sites for hydroxylation is 1. The summed E-state index contributed by atoms with van der Waals surface area (Å²) in [5.74, 6) is -0.832. The van der Waals surface area contributed by atoms with Crippen LogP contribution in [0, 0.1) is 5.82 Å². The van der Waals surface area contributed by atoms with Crippen LogP contribution in [0.25, 0.3) is 16.9 Å². The van der Waals surface area contributed by atoms with Crippen molar-refractivity contribution in [3.63, 3.8) is 0 Å². The SMILES string of the molecule is CC(C)c1c(C(=O)NCCc2cncn2C)cn2nc(-c3ccc(Cl)c(F)c3)[nH]c(=O)c12. The first kappa shape index (κ1) is 21.8. The van der Waals surface area contributed by atoms with E-state index in [-0.39, 0.29) is 28.2 Å². The van der Waals surface area contributed by atoms with Gasteiger partial charge in [-0.25, -0.2) is 13.9 Å². The third-order valence-electron chi connectivity index (χ3n) is 5.28. The predicted octanol–water partition coefficient (Wildman–Crippen LogP) is 3.31. The van der Waals surface area contributed by atoms with Crippen LogP contribution < -0.4 is 10.9 Å². The van der Waals surface area contributed by atoms with E-state index in [1.165, 1.54) is 22.8 Å². The molecule has 0 atom stereocenters. The van der Waals surface area contributed by atoms with E-state index in [9.17, 15) is 14.0 Å². The molecule has 4 rings (SSSR count). The lowest BCUT2D eigenvalue weighted by molar-refractivity contribution is 0.0953. The van der Waals surface area contributed by atoms with Crippen molar-refractivity contribution in [2.75, 3.05) is 6.54 Å². The third-order valence-corrected chi connectivity index (χ3v) is 5.59. The monoisotopic (exact) mass is 456 g/mol. The highest BCUT2D eigenvalue weighted by Gasteiger charge is 2.23. The third kappa shape index (κ3) is 4.03. The second-order valence-electron chi connectivity index (χ2n) is 7.84. The zero-order valence-electron chi connectivity index (χ0n) is 17.8. The van der Waals surface area contributed by atoms with Crippen LogP contribution in [0.5, 0.6) is 0 Å². The molecule has 2 N–H and O–H groups in total. The number of nitrogens with one attached hydrogen (secondary N) is 2. The van der Waals surface area contributed by atoms with E-state index >= 15 is 0 Å². The van der Waals surface area contributed by atoms with E-state index in [2.05, 4.69) is 20.4 Å². The fourth-order valence-corrected chi connectivity index (χ4v) is 3.79. The molecule has 32 heavy (non-hydrogen) atoms. The van der Waals surface area contributed by atoms with Gasteiger partial charge in [0, 0.05) is 49.2 Å². The summed E-state index contributed by atoms with van der Waals surface area (Å²) in [6.07, 6.45) is 5.62. The van der Waals surface area contributed by atoms with E-state index < -0.39 is 11.4 Å². The van der Waals surface area contributed by atoms with Crippen molar-refractivity contribution < 1.29 is 9.18 Å². The molecule has 0 spiro atoms. The number of benzene rings is 1. The molecule has 0 fully saturated rings. The van der Waals surface area contributed by atoms with Gasteiger partial charge in [0.15, 0.2) is 5.82 Å². The van der Waals surface area contributed by atoms with Crippen LogP contribution >= 0.6 is 11.6 Å². The van der Waals surface area contributed by atoms with Crippen LogP contribution in [-0.2, 0) is 13.5 Å². The minimum atomic E-state index is -0.615. The molecule has 0 aliphatic carbocycles. The standard InChI is InChI=1S/C22H22ClFN6O2/c1-12(2)18-15(21(31)26-7-6-14-9-25-11-29(14)3)10-30-19(18)22(32)27-20(28-30)13-4-5-16(23)17(24)8-13/h4-5,8-12H,6-7H2,1-3H3,(H,26,31)(H,27,28,32). The predicted molar refractivity (Wildman–Crippen MR) is 120 cm³/mol. The fourth-order valence-electron chi connectivity index (χ4n) is 3.68. The van der Waals surface area contributed by atoms with Gasteiger partial charge in [-0.05, 0) is 24.1 Å². The number of hydrogen-bond donors (Lipinski definition) is 2. The topological polar surface area (TPSA) is 97.1 Å². The lowest BCUT2D eigenvalue weighted by atomic mass is 10.00. The van der Waals surface area contributed by atoms with Crippen molar-refractivity contribution in [1.82, 2.24) is 29.5 Å². The van der Waals surface area contributed by atoms with Crippen molar-refractivity contribution in [3.05, 3.63) is 74.9 Å². The Morgan fingerprint density at radius 3 is 2.78 bits per heavy atom. The zero-order valence-corrected chi connectivity index (χ0v) is 18.6. The molecule has 0 radical (unpaired) electrons. The molecule has 8 nitrogen and oxygen atoms in total. The van der Waals surface area contributed by atoms with Gasteiger partial charge in [-0.1, -0.05) is 25.4 Å². The minimum absolute atomic E-state index is 0.0229. The summed E-state index contributed by atoms with van der Waals surface area (Å²) >= 11 is 5.75. The smallest absolute Gasteiger partial charge is 0.275 e. The number of hydrogen-bond acceptors (Lipinski definition) is 4. The summed E-state index contributed by atoms with van der Waals surface area (Å²) in [6, 6.07) is 4.16. The Morgan fingerprint density at radius 2 is 2.12 bits per heavy atom. The van der Waals surface area contributed by atoms with Gasteiger partial charge in [0.05, 0.1) is 16.9 Å². The van der Waals surface area contributed by atoms with Gasteiger partial charge in [-0.15, -0.1) is 5.10 Å². The Balaban J connectivity index is 1.69. The van der Waals surface area contributed by atoms with Gasteiger partial charge in [-0.3, -0.25) is 9.59 Å². The number of imidazole rings is 1. The number of carbonyl (C=O) groups is 1. The van der Waals surface area contributed by atoms with Gasteiger partial charge in [0.2, 0.25) is 0 Å². The highest BCUT2D eigenvalue weighted by molar-refractivity contribution is 6.30. The van der Waals surface area contributed by atoms with Crippen LogP contribution in [-0.4, -0.2) is 36.6 Å². The summed E-state index contributed by atoms with van der Waals surface area (Å²) in [4.78, 5) is 32.6. The lowest BCUT2D eigenvalue weighted by Gasteiger charge is -2.09. The van der Waals surface area contributed by atoms with E-state index in [1.54, 1.807) is 18.6 Å². The van der Waals surface area contributed by atoms with Gasteiger partial charge >= 0.3 is 0 Å². The van der Waals surface area contributed by atoms with Crippen LogP contribution in [0.2, 0.25) is 5.02 Å². The molecule has 0 bridgehead atoms. The Hall–Kier alpha value is -3.46. The second kappa shape index (κ2) is 8.58. The van der Waals surface area contributed by atoms with Crippen molar-refractivity contribution >= 4 is 23.0 Å².